The largest absolute Gasteiger partial charge is 0.281 e. The fraction of sp³-hybridized carbons (Fsp3) is 0.556. The highest BCUT2D eigenvalue weighted by Crippen LogP contribution is 2.49. The van der Waals surface area contributed by atoms with Crippen molar-refractivity contribution in [2.75, 3.05) is 0 Å². The Labute approximate surface area is 85.9 Å². The van der Waals surface area contributed by atoms with Crippen LogP contribution in [-0.4, -0.2) is 10.5 Å². The maximum absolute atomic E-state index is 11.1. The van der Waals surface area contributed by atoms with Crippen molar-refractivity contribution in [2.24, 2.45) is 23.7 Å². The third kappa shape index (κ3) is 1.32. The van der Waals surface area contributed by atoms with E-state index in [-0.39, 0.29) is 23.7 Å². The number of carbonyl (C=O) groups excluding carboxylic acids is 2. The first-order valence-electron chi connectivity index (χ1n) is 4.18. The summed E-state index contributed by atoms with van der Waals surface area (Å²) >= 11 is 10.9. The van der Waals surface area contributed by atoms with Gasteiger partial charge in [-0.2, -0.15) is 0 Å². The summed E-state index contributed by atoms with van der Waals surface area (Å²) in [5.74, 6) is -0.520. The molecule has 0 aromatic heterocycles. The molecular weight excluding hydrogens is 211 g/mol. The minimum atomic E-state index is -0.434. The Morgan fingerprint density at radius 2 is 1.38 bits per heavy atom. The zero-order valence-corrected chi connectivity index (χ0v) is 8.26. The number of allylic oxidation sites excluding steroid dienone is 2. The molecule has 0 radical (unpaired) electrons. The van der Waals surface area contributed by atoms with E-state index < -0.39 is 10.5 Å². The van der Waals surface area contributed by atoms with Gasteiger partial charge in [0.15, 0.2) is 0 Å². The van der Waals surface area contributed by atoms with Crippen LogP contribution in [0.4, 0.5) is 0 Å². The van der Waals surface area contributed by atoms with Gasteiger partial charge in [-0.25, -0.2) is 0 Å². The summed E-state index contributed by atoms with van der Waals surface area (Å²) in [6, 6.07) is 0. The first-order valence-corrected chi connectivity index (χ1v) is 4.94. The summed E-state index contributed by atoms with van der Waals surface area (Å²) in [6.45, 7) is 0. The molecule has 0 aliphatic heterocycles. The Morgan fingerprint density at radius 1 is 1.00 bits per heavy atom. The lowest BCUT2D eigenvalue weighted by Gasteiger charge is -2.20. The summed E-state index contributed by atoms with van der Waals surface area (Å²) in [4.78, 5) is 22.1. The van der Waals surface area contributed by atoms with Crippen LogP contribution in [0.25, 0.3) is 0 Å². The SMILES string of the molecule is O=C(Cl)[C@@H]1[C@H](C(=O)Cl)[C@H]2C=C[C@@H]1C2. The Bertz CT molecular complexity index is 270. The van der Waals surface area contributed by atoms with Crippen LogP contribution in [0.1, 0.15) is 6.42 Å². The maximum Gasteiger partial charge on any atom is 0.226 e. The lowest BCUT2D eigenvalue weighted by atomic mass is 9.85. The predicted octanol–water partition coefficient (Wildman–Crippen LogP) is 1.96. The summed E-state index contributed by atoms with van der Waals surface area (Å²) < 4.78 is 0. The number of carbonyl (C=O) groups is 2. The fourth-order valence-electron chi connectivity index (χ4n) is 2.44. The smallest absolute Gasteiger partial charge is 0.226 e. The van der Waals surface area contributed by atoms with Crippen molar-refractivity contribution in [3.63, 3.8) is 0 Å². The Morgan fingerprint density at radius 3 is 1.69 bits per heavy atom. The van der Waals surface area contributed by atoms with Crippen molar-refractivity contribution in [2.45, 2.75) is 6.42 Å². The second-order valence-electron chi connectivity index (χ2n) is 3.61. The summed E-state index contributed by atoms with van der Waals surface area (Å²) in [7, 11) is 0. The highest BCUT2D eigenvalue weighted by atomic mass is 35.5. The van der Waals surface area contributed by atoms with Gasteiger partial charge in [0.25, 0.3) is 0 Å². The number of rotatable bonds is 2. The van der Waals surface area contributed by atoms with Gasteiger partial charge < -0.3 is 0 Å². The van der Waals surface area contributed by atoms with Crippen molar-refractivity contribution in [1.82, 2.24) is 0 Å². The molecule has 2 aliphatic carbocycles. The number of hydrogen-bond acceptors (Lipinski definition) is 2. The molecule has 2 rings (SSSR count). The van der Waals surface area contributed by atoms with Crippen LogP contribution in [0.15, 0.2) is 12.2 Å². The zero-order valence-electron chi connectivity index (χ0n) is 6.74. The second kappa shape index (κ2) is 3.10. The molecule has 2 bridgehead atoms. The zero-order chi connectivity index (χ0) is 9.59. The average molecular weight is 219 g/mol. The number of halogens is 2. The molecule has 70 valence electrons. The minimum absolute atomic E-state index is 0.127. The normalized spacial score (nSPS) is 41.1. The van der Waals surface area contributed by atoms with Gasteiger partial charge in [-0.15, -0.1) is 0 Å². The van der Waals surface area contributed by atoms with Gasteiger partial charge in [-0.05, 0) is 41.5 Å². The molecule has 4 heteroatoms. The fourth-order valence-corrected chi connectivity index (χ4v) is 3.04. The number of hydrogen-bond donors (Lipinski definition) is 0. The van der Waals surface area contributed by atoms with E-state index in [1.54, 1.807) is 0 Å². The van der Waals surface area contributed by atoms with Crippen LogP contribution in [0.2, 0.25) is 0 Å². The molecule has 0 spiro atoms. The Kier molecular flexibility index (Phi) is 2.20. The van der Waals surface area contributed by atoms with Crippen molar-refractivity contribution in [3.05, 3.63) is 12.2 Å². The molecule has 1 fully saturated rings. The van der Waals surface area contributed by atoms with Gasteiger partial charge in [-0.3, -0.25) is 9.59 Å². The van der Waals surface area contributed by atoms with Gasteiger partial charge in [0.05, 0.1) is 11.8 Å². The summed E-state index contributed by atoms with van der Waals surface area (Å²) in [5.41, 5.74) is 0. The van der Waals surface area contributed by atoms with E-state index in [1.807, 2.05) is 12.2 Å². The molecule has 0 heterocycles. The maximum atomic E-state index is 11.1. The van der Waals surface area contributed by atoms with Crippen LogP contribution in [0, 0.1) is 23.7 Å². The van der Waals surface area contributed by atoms with E-state index in [0.717, 1.165) is 6.42 Å². The van der Waals surface area contributed by atoms with Crippen molar-refractivity contribution in [1.29, 1.82) is 0 Å². The quantitative estimate of drug-likeness (QED) is 0.525. The average Bonchev–Trinajstić information content (AvgIpc) is 2.60. The monoisotopic (exact) mass is 218 g/mol. The lowest BCUT2D eigenvalue weighted by Crippen LogP contribution is -2.28. The van der Waals surface area contributed by atoms with E-state index in [0.29, 0.717) is 0 Å². The third-order valence-corrected chi connectivity index (χ3v) is 3.49. The molecule has 2 aliphatic rings. The molecule has 4 atom stereocenters. The second-order valence-corrected chi connectivity index (χ2v) is 4.35. The van der Waals surface area contributed by atoms with E-state index in [4.69, 9.17) is 23.2 Å². The third-order valence-electron chi connectivity index (χ3n) is 2.98. The summed E-state index contributed by atoms with van der Waals surface area (Å²) in [5, 5.41) is -0.869. The van der Waals surface area contributed by atoms with Crippen molar-refractivity contribution in [3.8, 4) is 0 Å². The molecular formula is C9H8Cl2O2. The molecule has 0 aromatic rings. The van der Waals surface area contributed by atoms with E-state index in [9.17, 15) is 9.59 Å². The van der Waals surface area contributed by atoms with Crippen LogP contribution in [-0.2, 0) is 9.59 Å². The Balaban J connectivity index is 2.30. The van der Waals surface area contributed by atoms with Crippen molar-refractivity contribution >= 4 is 33.7 Å². The highest BCUT2D eigenvalue weighted by Gasteiger charge is 2.50. The molecule has 1 saturated carbocycles. The van der Waals surface area contributed by atoms with Gasteiger partial charge in [0.2, 0.25) is 10.5 Å². The molecule has 13 heavy (non-hydrogen) atoms. The highest BCUT2D eigenvalue weighted by molar-refractivity contribution is 6.66. The standard InChI is InChI=1S/C9H8Cl2O2/c10-8(12)6-4-1-2-5(3-4)7(6)9(11)13/h1-2,4-7H,3H2/t4-,5+,6+,7-. The van der Waals surface area contributed by atoms with E-state index in [2.05, 4.69) is 0 Å². The molecule has 2 nitrogen and oxygen atoms in total. The molecule has 0 unspecified atom stereocenters. The molecule has 0 amide bonds. The van der Waals surface area contributed by atoms with Crippen LogP contribution < -0.4 is 0 Å². The Hall–Kier alpha value is -0.340. The predicted molar refractivity (Wildman–Crippen MR) is 49.4 cm³/mol. The summed E-state index contributed by atoms with van der Waals surface area (Å²) in [6.07, 6.45) is 4.77. The lowest BCUT2D eigenvalue weighted by molar-refractivity contribution is -0.124. The van der Waals surface area contributed by atoms with Gasteiger partial charge >= 0.3 is 0 Å². The topological polar surface area (TPSA) is 34.1 Å². The molecule has 0 N–H and O–H groups in total. The minimum Gasteiger partial charge on any atom is -0.281 e. The van der Waals surface area contributed by atoms with Gasteiger partial charge in [0, 0.05) is 0 Å². The van der Waals surface area contributed by atoms with Gasteiger partial charge in [-0.1, -0.05) is 12.2 Å². The number of fused-ring (bicyclic) bond motifs is 2. The van der Waals surface area contributed by atoms with E-state index >= 15 is 0 Å². The first-order chi connectivity index (χ1) is 6.11. The van der Waals surface area contributed by atoms with Gasteiger partial charge in [0.1, 0.15) is 0 Å². The van der Waals surface area contributed by atoms with Crippen molar-refractivity contribution < 1.29 is 9.59 Å². The van der Waals surface area contributed by atoms with Crippen LogP contribution in [0.3, 0.4) is 0 Å². The van der Waals surface area contributed by atoms with Crippen LogP contribution in [0.5, 0.6) is 0 Å². The van der Waals surface area contributed by atoms with Crippen LogP contribution >= 0.6 is 23.2 Å². The first kappa shape index (κ1) is 9.22. The molecule has 0 saturated heterocycles. The molecule has 0 aromatic carbocycles. The van der Waals surface area contributed by atoms with E-state index in [1.165, 1.54) is 0 Å².